The first-order valence-corrected chi connectivity index (χ1v) is 16.8. The van der Waals surface area contributed by atoms with E-state index in [9.17, 15) is 14.7 Å². The fraction of sp³-hybridized carbons (Fsp3) is 0.105. The number of fused-ring (bicyclic) bond motifs is 1. The molecule has 0 saturated carbocycles. The van der Waals surface area contributed by atoms with E-state index in [1.165, 1.54) is 33.4 Å². The standard InChI is InChI=1S/C38H29N3O4S2/c1-24-17-19-27(20-18-24)34(42)32-33(28-13-8-15-30(21-28)45-22-25-9-3-2-4-10-25)41(36(44)35(32)43)37-39-40-38(47-37)46-23-29-14-7-12-26-11-5-6-16-31(26)29/h2-21,33,42H,22-23H2,1H3. The van der Waals surface area contributed by atoms with Crippen molar-refractivity contribution in [3.8, 4) is 5.75 Å². The zero-order valence-electron chi connectivity index (χ0n) is 25.4. The zero-order chi connectivity index (χ0) is 32.3. The normalized spacial score (nSPS) is 15.8. The summed E-state index contributed by atoms with van der Waals surface area (Å²) in [5.41, 5.74) is 4.20. The number of benzene rings is 5. The molecule has 0 spiro atoms. The third kappa shape index (κ3) is 6.27. The van der Waals surface area contributed by atoms with Gasteiger partial charge in [-0.3, -0.25) is 14.5 Å². The highest BCUT2D eigenvalue weighted by molar-refractivity contribution is 8.00. The van der Waals surface area contributed by atoms with Gasteiger partial charge in [0.25, 0.3) is 5.78 Å². The number of hydrogen-bond donors (Lipinski definition) is 1. The molecule has 0 radical (unpaired) electrons. The molecule has 1 N–H and O–H groups in total. The molecule has 1 fully saturated rings. The quantitative estimate of drug-likeness (QED) is 0.0549. The van der Waals surface area contributed by atoms with E-state index in [2.05, 4.69) is 34.5 Å². The number of Topliss-reactive ketones (excluding diaryl/α,β-unsaturated/α-hetero) is 1. The summed E-state index contributed by atoms with van der Waals surface area (Å²) in [4.78, 5) is 28.8. The largest absolute Gasteiger partial charge is 0.507 e. The lowest BCUT2D eigenvalue weighted by molar-refractivity contribution is -0.132. The Morgan fingerprint density at radius 2 is 1.62 bits per heavy atom. The fourth-order valence-electron chi connectivity index (χ4n) is 5.64. The molecule has 47 heavy (non-hydrogen) atoms. The summed E-state index contributed by atoms with van der Waals surface area (Å²) in [6, 6.07) is 37.7. The molecule has 6 aromatic rings. The molecule has 1 amide bonds. The second-order valence-corrected chi connectivity index (χ2v) is 13.3. The van der Waals surface area contributed by atoms with Crippen LogP contribution in [0.25, 0.3) is 16.5 Å². The molecule has 2 heterocycles. The number of aromatic nitrogens is 2. The summed E-state index contributed by atoms with van der Waals surface area (Å²) in [6.45, 7) is 2.29. The molecule has 232 valence electrons. The fourth-order valence-corrected chi connectivity index (χ4v) is 7.52. The highest BCUT2D eigenvalue weighted by Crippen LogP contribution is 2.44. The van der Waals surface area contributed by atoms with Crippen molar-refractivity contribution >= 4 is 56.5 Å². The smallest absolute Gasteiger partial charge is 0.301 e. The van der Waals surface area contributed by atoms with Gasteiger partial charge in [0.15, 0.2) is 4.34 Å². The minimum atomic E-state index is -0.944. The Labute approximate surface area is 280 Å². The number of nitrogens with zero attached hydrogens (tertiary/aromatic N) is 3. The molecule has 7 nitrogen and oxygen atoms in total. The zero-order valence-corrected chi connectivity index (χ0v) is 27.0. The van der Waals surface area contributed by atoms with Crippen LogP contribution in [0.1, 0.15) is 33.9 Å². The third-order valence-electron chi connectivity index (χ3n) is 8.02. The minimum Gasteiger partial charge on any atom is -0.507 e. The van der Waals surface area contributed by atoms with Crippen molar-refractivity contribution in [1.29, 1.82) is 0 Å². The van der Waals surface area contributed by atoms with E-state index in [1.807, 2.05) is 85.8 Å². The number of carbonyl (C=O) groups is 2. The maximum Gasteiger partial charge on any atom is 0.301 e. The van der Waals surface area contributed by atoms with Crippen molar-refractivity contribution in [3.63, 3.8) is 0 Å². The number of aliphatic hydroxyl groups excluding tert-OH is 1. The summed E-state index contributed by atoms with van der Waals surface area (Å²) in [7, 11) is 0. The van der Waals surface area contributed by atoms with Crippen molar-refractivity contribution in [3.05, 3.63) is 155 Å². The predicted octanol–water partition coefficient (Wildman–Crippen LogP) is 8.50. The highest BCUT2D eigenvalue weighted by atomic mass is 32.2. The Kier molecular flexibility index (Phi) is 8.56. The Morgan fingerprint density at radius 1 is 0.872 bits per heavy atom. The monoisotopic (exact) mass is 655 g/mol. The van der Waals surface area contributed by atoms with Gasteiger partial charge in [0, 0.05) is 11.3 Å². The molecule has 1 saturated heterocycles. The van der Waals surface area contributed by atoms with Gasteiger partial charge in [-0.25, -0.2) is 0 Å². The number of thioether (sulfide) groups is 1. The van der Waals surface area contributed by atoms with E-state index >= 15 is 0 Å². The molecule has 1 atom stereocenters. The number of ether oxygens (including phenoxy) is 1. The van der Waals surface area contributed by atoms with E-state index in [0.29, 0.717) is 33.6 Å². The van der Waals surface area contributed by atoms with E-state index in [1.54, 1.807) is 18.2 Å². The van der Waals surface area contributed by atoms with Crippen molar-refractivity contribution in [2.45, 2.75) is 29.7 Å². The molecule has 0 bridgehead atoms. The van der Waals surface area contributed by atoms with Gasteiger partial charge < -0.3 is 9.84 Å². The summed E-state index contributed by atoms with van der Waals surface area (Å²) in [5, 5.41) is 22.9. The van der Waals surface area contributed by atoms with Crippen LogP contribution >= 0.6 is 23.1 Å². The lowest BCUT2D eigenvalue weighted by Gasteiger charge is -2.23. The topological polar surface area (TPSA) is 92.6 Å². The van der Waals surface area contributed by atoms with Crippen molar-refractivity contribution in [2.75, 3.05) is 4.90 Å². The first kappa shape index (κ1) is 30.4. The lowest BCUT2D eigenvalue weighted by atomic mass is 9.95. The van der Waals surface area contributed by atoms with Gasteiger partial charge in [-0.05, 0) is 46.5 Å². The summed E-state index contributed by atoms with van der Waals surface area (Å²) < 4.78 is 6.75. The van der Waals surface area contributed by atoms with Crippen molar-refractivity contribution in [1.82, 2.24) is 10.2 Å². The van der Waals surface area contributed by atoms with Crippen LogP contribution in [0.15, 0.2) is 131 Å². The van der Waals surface area contributed by atoms with Gasteiger partial charge in [-0.1, -0.05) is 138 Å². The Morgan fingerprint density at radius 3 is 2.45 bits per heavy atom. The number of rotatable bonds is 9. The number of ketones is 1. The van der Waals surface area contributed by atoms with E-state index in [-0.39, 0.29) is 16.5 Å². The molecule has 0 aliphatic carbocycles. The first-order chi connectivity index (χ1) is 23.0. The SMILES string of the molecule is Cc1ccc(C(O)=C2C(=O)C(=O)N(c3nnc(SCc4cccc5ccccc45)s3)C2c2cccc(OCc3ccccc3)c2)cc1. The molecule has 1 unspecified atom stereocenters. The van der Waals surface area contributed by atoms with Crippen LogP contribution in [0, 0.1) is 6.92 Å². The molecule has 7 rings (SSSR count). The number of amides is 1. The van der Waals surface area contributed by atoms with Crippen LogP contribution < -0.4 is 9.64 Å². The molecular formula is C38H29N3O4S2. The third-order valence-corrected chi connectivity index (χ3v) is 10.1. The van der Waals surface area contributed by atoms with Gasteiger partial charge in [0.05, 0.1) is 11.6 Å². The Bertz CT molecular complexity index is 2120. The van der Waals surface area contributed by atoms with Crippen LogP contribution in [-0.2, 0) is 21.9 Å². The second kappa shape index (κ2) is 13.2. The molecule has 1 aliphatic rings. The predicted molar refractivity (Wildman–Crippen MR) is 187 cm³/mol. The number of hydrogen-bond acceptors (Lipinski definition) is 8. The number of aliphatic hydroxyl groups is 1. The Hall–Kier alpha value is -5.25. The van der Waals surface area contributed by atoms with Crippen molar-refractivity contribution in [2.24, 2.45) is 0 Å². The van der Waals surface area contributed by atoms with Crippen molar-refractivity contribution < 1.29 is 19.4 Å². The Balaban J connectivity index is 1.24. The molecule has 5 aromatic carbocycles. The highest BCUT2D eigenvalue weighted by Gasteiger charge is 2.48. The maximum atomic E-state index is 13.8. The summed E-state index contributed by atoms with van der Waals surface area (Å²) in [5.74, 6) is -0.589. The molecule has 9 heteroatoms. The lowest BCUT2D eigenvalue weighted by Crippen LogP contribution is -2.29. The van der Waals surface area contributed by atoms with Gasteiger partial charge in [-0.2, -0.15) is 0 Å². The number of carbonyl (C=O) groups excluding carboxylic acids is 2. The van der Waals surface area contributed by atoms with Gasteiger partial charge in [0.1, 0.15) is 18.1 Å². The van der Waals surface area contributed by atoms with Crippen LogP contribution in [0.2, 0.25) is 0 Å². The maximum absolute atomic E-state index is 13.8. The van der Waals surface area contributed by atoms with E-state index in [4.69, 9.17) is 4.74 Å². The van der Waals surface area contributed by atoms with Crippen LogP contribution in [-0.4, -0.2) is 27.0 Å². The summed E-state index contributed by atoms with van der Waals surface area (Å²) >= 11 is 2.76. The van der Waals surface area contributed by atoms with Crippen LogP contribution in [0.4, 0.5) is 5.13 Å². The average Bonchev–Trinajstić information content (AvgIpc) is 3.68. The van der Waals surface area contributed by atoms with Crippen LogP contribution in [0.5, 0.6) is 5.75 Å². The first-order valence-electron chi connectivity index (χ1n) is 15.0. The summed E-state index contributed by atoms with van der Waals surface area (Å²) in [6.07, 6.45) is 0. The molecule has 1 aliphatic heterocycles. The number of anilines is 1. The molecular weight excluding hydrogens is 627 g/mol. The second-order valence-electron chi connectivity index (χ2n) is 11.2. The molecule has 1 aromatic heterocycles. The van der Waals surface area contributed by atoms with E-state index < -0.39 is 17.7 Å². The average molecular weight is 656 g/mol. The minimum absolute atomic E-state index is 0.0146. The van der Waals surface area contributed by atoms with Crippen LogP contribution in [0.3, 0.4) is 0 Å². The van der Waals surface area contributed by atoms with Gasteiger partial charge >= 0.3 is 5.91 Å². The number of aryl methyl sites for hydroxylation is 1. The van der Waals surface area contributed by atoms with Gasteiger partial charge in [0.2, 0.25) is 5.13 Å². The van der Waals surface area contributed by atoms with Gasteiger partial charge in [-0.15, -0.1) is 10.2 Å². The van der Waals surface area contributed by atoms with E-state index in [0.717, 1.165) is 22.1 Å².